The van der Waals surface area contributed by atoms with Gasteiger partial charge in [-0.2, -0.15) is 0 Å². The molecule has 1 rings (SSSR count). The average Bonchev–Trinajstić information content (AvgIpc) is 2.46. The van der Waals surface area contributed by atoms with Crippen molar-refractivity contribution in [3.05, 3.63) is 23.8 Å². The molecule has 0 atom stereocenters. The molecule has 2 amide bonds. The Labute approximate surface area is 123 Å². The van der Waals surface area contributed by atoms with Gasteiger partial charge in [0.05, 0.1) is 20.6 Å². The van der Waals surface area contributed by atoms with Crippen molar-refractivity contribution >= 4 is 12.0 Å². The molecule has 0 aromatic heterocycles. The molecule has 0 bridgehead atoms. The minimum atomic E-state index is -0.948. The topological polar surface area (TPSA) is 96.9 Å². The van der Waals surface area contributed by atoms with Crippen molar-refractivity contribution in [1.82, 2.24) is 10.6 Å². The van der Waals surface area contributed by atoms with Gasteiger partial charge >= 0.3 is 12.0 Å². The summed E-state index contributed by atoms with van der Waals surface area (Å²) in [5.41, 5.74) is 0.919. The molecule has 0 heterocycles. The number of hydrogen-bond donors (Lipinski definition) is 3. The van der Waals surface area contributed by atoms with Gasteiger partial charge in [0, 0.05) is 13.1 Å². The highest BCUT2D eigenvalue weighted by molar-refractivity contribution is 5.74. The number of carbonyl (C=O) groups excluding carboxylic acids is 1. The van der Waals surface area contributed by atoms with Crippen molar-refractivity contribution < 1.29 is 24.2 Å². The Balaban J connectivity index is 2.41. The fraction of sp³-hybridized carbons (Fsp3) is 0.429. The number of carboxylic acids is 1. The number of urea groups is 1. The van der Waals surface area contributed by atoms with Gasteiger partial charge in [0.1, 0.15) is 11.5 Å². The third kappa shape index (κ3) is 6.03. The van der Waals surface area contributed by atoms with E-state index in [0.717, 1.165) is 17.1 Å². The van der Waals surface area contributed by atoms with Gasteiger partial charge in [-0.05, 0) is 30.2 Å². The molecule has 0 unspecified atom stereocenters. The van der Waals surface area contributed by atoms with E-state index >= 15 is 0 Å². The molecule has 0 aliphatic carbocycles. The van der Waals surface area contributed by atoms with Gasteiger partial charge in [-0.1, -0.05) is 0 Å². The summed E-state index contributed by atoms with van der Waals surface area (Å²) in [6, 6.07) is 5.07. The number of nitrogens with one attached hydrogen (secondary N) is 2. The highest BCUT2D eigenvalue weighted by Crippen LogP contribution is 2.23. The summed E-state index contributed by atoms with van der Waals surface area (Å²) in [4.78, 5) is 21.7. The van der Waals surface area contributed by atoms with Crippen LogP contribution in [-0.2, 0) is 11.2 Å². The van der Waals surface area contributed by atoms with Crippen LogP contribution in [0.2, 0.25) is 0 Å². The van der Waals surface area contributed by atoms with Crippen molar-refractivity contribution in [3.8, 4) is 11.5 Å². The molecule has 1 aromatic rings. The van der Waals surface area contributed by atoms with Crippen molar-refractivity contribution in [2.75, 3.05) is 27.3 Å². The molecule has 1 aromatic carbocycles. The number of ether oxygens (including phenoxy) is 2. The summed E-state index contributed by atoms with van der Waals surface area (Å²) in [6.07, 6.45) is 0.476. The second-order valence-electron chi connectivity index (χ2n) is 4.25. The molecule has 3 N–H and O–H groups in total. The SMILES string of the molecule is COc1ccc(OC)c(CCNC(=O)NCCC(=O)O)c1. The van der Waals surface area contributed by atoms with E-state index in [1.54, 1.807) is 26.4 Å². The summed E-state index contributed by atoms with van der Waals surface area (Å²) in [6.45, 7) is 0.506. The van der Waals surface area contributed by atoms with E-state index in [1.807, 2.05) is 6.07 Å². The molecule has 0 saturated carbocycles. The molecule has 0 aliphatic heterocycles. The molecule has 0 radical (unpaired) electrons. The van der Waals surface area contributed by atoms with Gasteiger partial charge in [-0.25, -0.2) is 4.79 Å². The predicted molar refractivity (Wildman–Crippen MR) is 76.9 cm³/mol. The number of carboxylic acid groups (broad SMARTS) is 1. The first-order valence-electron chi connectivity index (χ1n) is 6.51. The lowest BCUT2D eigenvalue weighted by atomic mass is 10.1. The summed E-state index contributed by atoms with van der Waals surface area (Å²) in [7, 11) is 3.16. The van der Waals surface area contributed by atoms with Crippen molar-refractivity contribution in [3.63, 3.8) is 0 Å². The molecule has 116 valence electrons. The Kier molecular flexibility index (Phi) is 6.86. The number of rotatable bonds is 8. The van der Waals surface area contributed by atoms with Crippen LogP contribution in [0, 0.1) is 0 Å². The zero-order valence-electron chi connectivity index (χ0n) is 12.1. The fourth-order valence-electron chi connectivity index (χ4n) is 1.73. The van der Waals surface area contributed by atoms with Crippen molar-refractivity contribution in [2.45, 2.75) is 12.8 Å². The van der Waals surface area contributed by atoms with Crippen LogP contribution in [0.15, 0.2) is 18.2 Å². The van der Waals surface area contributed by atoms with Crippen molar-refractivity contribution in [2.24, 2.45) is 0 Å². The van der Waals surface area contributed by atoms with Crippen LogP contribution in [-0.4, -0.2) is 44.4 Å². The maximum Gasteiger partial charge on any atom is 0.314 e. The molecule has 0 fully saturated rings. The second kappa shape index (κ2) is 8.68. The molecule has 7 nitrogen and oxygen atoms in total. The first kappa shape index (κ1) is 16.6. The quantitative estimate of drug-likeness (QED) is 0.665. The largest absolute Gasteiger partial charge is 0.497 e. The van der Waals surface area contributed by atoms with Crippen LogP contribution < -0.4 is 20.1 Å². The third-order valence-corrected chi connectivity index (χ3v) is 2.79. The molecular weight excluding hydrogens is 276 g/mol. The number of carbonyl (C=O) groups is 2. The summed E-state index contributed by atoms with van der Waals surface area (Å²) in [5, 5.41) is 13.6. The van der Waals surface area contributed by atoms with Crippen LogP contribution in [0.3, 0.4) is 0 Å². The Hall–Kier alpha value is -2.44. The highest BCUT2D eigenvalue weighted by Gasteiger charge is 2.06. The van der Waals surface area contributed by atoms with E-state index in [-0.39, 0.29) is 13.0 Å². The monoisotopic (exact) mass is 296 g/mol. The molecule has 7 heteroatoms. The average molecular weight is 296 g/mol. The van der Waals surface area contributed by atoms with Gasteiger partial charge in [-0.15, -0.1) is 0 Å². The first-order valence-corrected chi connectivity index (χ1v) is 6.51. The van der Waals surface area contributed by atoms with E-state index in [9.17, 15) is 9.59 Å². The normalized spacial score (nSPS) is 9.81. The summed E-state index contributed by atoms with van der Waals surface area (Å²) < 4.78 is 10.4. The van der Waals surface area contributed by atoms with Gasteiger partial charge in [0.25, 0.3) is 0 Å². The van der Waals surface area contributed by atoms with E-state index in [4.69, 9.17) is 14.6 Å². The van der Waals surface area contributed by atoms with E-state index in [0.29, 0.717) is 13.0 Å². The summed E-state index contributed by atoms with van der Waals surface area (Å²) in [5.74, 6) is 0.497. The van der Waals surface area contributed by atoms with Gasteiger partial charge in [0.15, 0.2) is 0 Å². The number of aliphatic carboxylic acids is 1. The Bertz CT molecular complexity index is 490. The van der Waals surface area contributed by atoms with E-state index in [1.165, 1.54) is 0 Å². The Morgan fingerprint density at radius 2 is 1.86 bits per heavy atom. The van der Waals surface area contributed by atoms with E-state index in [2.05, 4.69) is 10.6 Å². The first-order chi connectivity index (χ1) is 10.1. The van der Waals surface area contributed by atoms with Crippen LogP contribution in [0.1, 0.15) is 12.0 Å². The minimum absolute atomic E-state index is 0.100. The highest BCUT2D eigenvalue weighted by atomic mass is 16.5. The molecule has 0 saturated heterocycles. The maximum absolute atomic E-state index is 11.4. The van der Waals surface area contributed by atoms with Gasteiger partial charge in [-0.3, -0.25) is 4.79 Å². The lowest BCUT2D eigenvalue weighted by Crippen LogP contribution is -2.37. The third-order valence-electron chi connectivity index (χ3n) is 2.79. The second-order valence-corrected chi connectivity index (χ2v) is 4.25. The number of methoxy groups -OCH3 is 2. The lowest BCUT2D eigenvalue weighted by molar-refractivity contribution is -0.136. The van der Waals surface area contributed by atoms with Gasteiger partial charge in [0.2, 0.25) is 0 Å². The zero-order chi connectivity index (χ0) is 15.7. The smallest absolute Gasteiger partial charge is 0.314 e. The number of amides is 2. The van der Waals surface area contributed by atoms with Crippen LogP contribution in [0.4, 0.5) is 4.79 Å². The zero-order valence-corrected chi connectivity index (χ0v) is 12.1. The predicted octanol–water partition coefficient (Wildman–Crippen LogP) is 1.02. The summed E-state index contributed by atoms with van der Waals surface area (Å²) >= 11 is 0. The van der Waals surface area contributed by atoms with Crippen LogP contribution in [0.25, 0.3) is 0 Å². The molecular formula is C14H20N2O5. The van der Waals surface area contributed by atoms with Crippen LogP contribution in [0.5, 0.6) is 11.5 Å². The Morgan fingerprint density at radius 3 is 2.48 bits per heavy atom. The minimum Gasteiger partial charge on any atom is -0.497 e. The molecule has 0 aliphatic rings. The number of hydrogen-bond acceptors (Lipinski definition) is 4. The Morgan fingerprint density at radius 1 is 1.14 bits per heavy atom. The van der Waals surface area contributed by atoms with Crippen molar-refractivity contribution in [1.29, 1.82) is 0 Å². The van der Waals surface area contributed by atoms with Crippen LogP contribution >= 0.6 is 0 Å². The standard InChI is InChI=1S/C14H20N2O5/c1-20-11-3-4-12(21-2)10(9-11)5-7-15-14(19)16-8-6-13(17)18/h3-4,9H,5-8H2,1-2H3,(H,17,18)(H2,15,16,19). The van der Waals surface area contributed by atoms with Gasteiger partial charge < -0.3 is 25.2 Å². The number of benzene rings is 1. The maximum atomic E-state index is 11.4. The van der Waals surface area contributed by atoms with E-state index < -0.39 is 12.0 Å². The fourth-order valence-corrected chi connectivity index (χ4v) is 1.73. The lowest BCUT2D eigenvalue weighted by Gasteiger charge is -2.11. The molecule has 0 spiro atoms. The molecule has 21 heavy (non-hydrogen) atoms.